The number of piperidine rings is 2. The van der Waals surface area contributed by atoms with Gasteiger partial charge in [-0.25, -0.2) is 4.98 Å². The number of rotatable bonds is 4. The van der Waals surface area contributed by atoms with Gasteiger partial charge in [0.1, 0.15) is 5.01 Å². The van der Waals surface area contributed by atoms with Gasteiger partial charge in [-0.2, -0.15) is 0 Å². The van der Waals surface area contributed by atoms with Gasteiger partial charge < -0.3 is 9.80 Å². The molecule has 0 spiro atoms. The summed E-state index contributed by atoms with van der Waals surface area (Å²) >= 11 is 1.69. The molecule has 4 nitrogen and oxygen atoms in total. The van der Waals surface area contributed by atoms with Gasteiger partial charge in [-0.3, -0.25) is 4.79 Å². The Balaban J connectivity index is 1.58. The summed E-state index contributed by atoms with van der Waals surface area (Å²) in [5.74, 6) is 0.934. The molecule has 2 fully saturated rings. The van der Waals surface area contributed by atoms with Crippen LogP contribution in [0.5, 0.6) is 0 Å². The number of amides is 1. The molecule has 22 heavy (non-hydrogen) atoms. The molecule has 1 aromatic heterocycles. The van der Waals surface area contributed by atoms with Crippen LogP contribution in [0.3, 0.4) is 0 Å². The van der Waals surface area contributed by atoms with E-state index < -0.39 is 0 Å². The molecule has 2 saturated heterocycles. The summed E-state index contributed by atoms with van der Waals surface area (Å²) in [5, 5.41) is 3.14. The van der Waals surface area contributed by atoms with Crippen molar-refractivity contribution in [3.8, 4) is 0 Å². The fraction of sp³-hybridized carbons (Fsp3) is 0.765. The molecule has 5 heteroatoms. The SMILES string of the molecule is CCN1CCC(CC(=O)N2CCCCC2c2nccs2)CC1. The zero-order valence-corrected chi connectivity index (χ0v) is 14.4. The molecule has 0 saturated carbocycles. The maximum Gasteiger partial charge on any atom is 0.223 e. The van der Waals surface area contributed by atoms with E-state index in [1.165, 1.54) is 19.3 Å². The summed E-state index contributed by atoms with van der Waals surface area (Å²) in [4.78, 5) is 21.9. The van der Waals surface area contributed by atoms with Crippen molar-refractivity contribution in [1.29, 1.82) is 0 Å². The van der Waals surface area contributed by atoms with E-state index in [1.807, 2.05) is 11.6 Å². The lowest BCUT2D eigenvalue weighted by molar-refractivity contribution is -0.136. The van der Waals surface area contributed by atoms with Crippen LogP contribution in [0.1, 0.15) is 56.5 Å². The molecule has 1 aromatic rings. The number of carbonyl (C=O) groups is 1. The van der Waals surface area contributed by atoms with E-state index in [4.69, 9.17) is 0 Å². The topological polar surface area (TPSA) is 36.4 Å². The third-order valence-corrected chi connectivity index (χ3v) is 6.05. The predicted molar refractivity (Wildman–Crippen MR) is 89.9 cm³/mol. The highest BCUT2D eigenvalue weighted by atomic mass is 32.1. The van der Waals surface area contributed by atoms with Gasteiger partial charge in [0.15, 0.2) is 0 Å². The van der Waals surface area contributed by atoms with Crippen LogP contribution in [0.4, 0.5) is 0 Å². The van der Waals surface area contributed by atoms with Crippen LogP contribution in [0, 0.1) is 5.92 Å². The summed E-state index contributed by atoms with van der Waals surface area (Å²) in [5.41, 5.74) is 0. The van der Waals surface area contributed by atoms with E-state index in [-0.39, 0.29) is 6.04 Å². The molecule has 3 rings (SSSR count). The predicted octanol–water partition coefficient (Wildman–Crippen LogP) is 3.32. The Morgan fingerprint density at radius 3 is 2.77 bits per heavy atom. The second-order valence-corrected chi connectivity index (χ2v) is 7.48. The van der Waals surface area contributed by atoms with Crippen molar-refractivity contribution < 1.29 is 4.79 Å². The summed E-state index contributed by atoms with van der Waals surface area (Å²) in [6.07, 6.45) is 8.38. The lowest BCUT2D eigenvalue weighted by Gasteiger charge is -2.37. The van der Waals surface area contributed by atoms with Gasteiger partial charge in [0.25, 0.3) is 0 Å². The Hall–Kier alpha value is -0.940. The maximum atomic E-state index is 12.8. The number of thiazole rings is 1. The first-order valence-electron chi connectivity index (χ1n) is 8.69. The molecule has 3 heterocycles. The highest BCUT2D eigenvalue weighted by molar-refractivity contribution is 7.09. The first kappa shape index (κ1) is 15.9. The molecule has 1 atom stereocenters. The van der Waals surface area contributed by atoms with Crippen LogP contribution in [0.25, 0.3) is 0 Å². The van der Waals surface area contributed by atoms with Crippen LogP contribution in [0.2, 0.25) is 0 Å². The van der Waals surface area contributed by atoms with Gasteiger partial charge in [0.05, 0.1) is 6.04 Å². The van der Waals surface area contributed by atoms with Gasteiger partial charge in [0.2, 0.25) is 5.91 Å². The minimum absolute atomic E-state index is 0.233. The fourth-order valence-corrected chi connectivity index (χ4v) is 4.54. The van der Waals surface area contributed by atoms with Gasteiger partial charge in [-0.1, -0.05) is 6.92 Å². The van der Waals surface area contributed by atoms with Crippen molar-refractivity contribution >= 4 is 17.2 Å². The Bertz CT molecular complexity index is 468. The second-order valence-electron chi connectivity index (χ2n) is 6.55. The zero-order valence-electron chi connectivity index (χ0n) is 13.5. The molecule has 0 aliphatic carbocycles. The minimum atomic E-state index is 0.233. The van der Waals surface area contributed by atoms with Crippen LogP contribution in [-0.4, -0.2) is 46.9 Å². The van der Waals surface area contributed by atoms with E-state index >= 15 is 0 Å². The third kappa shape index (κ3) is 3.69. The Morgan fingerprint density at radius 1 is 1.27 bits per heavy atom. The molecule has 1 unspecified atom stereocenters. The van der Waals surface area contributed by atoms with Crippen molar-refractivity contribution in [3.05, 3.63) is 16.6 Å². The summed E-state index contributed by atoms with van der Waals surface area (Å²) < 4.78 is 0. The van der Waals surface area contributed by atoms with E-state index in [0.29, 0.717) is 11.8 Å². The van der Waals surface area contributed by atoms with E-state index in [1.54, 1.807) is 11.3 Å². The highest BCUT2D eigenvalue weighted by Crippen LogP contribution is 2.33. The first-order chi connectivity index (χ1) is 10.8. The minimum Gasteiger partial charge on any atom is -0.333 e. The normalized spacial score (nSPS) is 24.6. The number of hydrogen-bond donors (Lipinski definition) is 0. The average Bonchev–Trinajstić information content (AvgIpc) is 3.10. The molecule has 122 valence electrons. The number of carbonyl (C=O) groups excluding carboxylic acids is 1. The summed E-state index contributed by atoms with van der Waals surface area (Å²) in [7, 11) is 0. The Kier molecular flexibility index (Phi) is 5.47. The van der Waals surface area contributed by atoms with Gasteiger partial charge in [-0.15, -0.1) is 11.3 Å². The third-order valence-electron chi connectivity index (χ3n) is 5.18. The van der Waals surface area contributed by atoms with Crippen molar-refractivity contribution in [2.24, 2.45) is 5.92 Å². The Labute approximate surface area is 137 Å². The van der Waals surface area contributed by atoms with Crippen LogP contribution in [-0.2, 0) is 4.79 Å². The standard InChI is InChI=1S/C17H27N3OS/c1-2-19-10-6-14(7-11-19)13-16(21)20-9-4-3-5-15(20)17-18-8-12-22-17/h8,12,14-15H,2-7,9-11,13H2,1H3. The van der Waals surface area contributed by atoms with Crippen LogP contribution >= 0.6 is 11.3 Å². The molecule has 2 aliphatic heterocycles. The Morgan fingerprint density at radius 2 is 2.09 bits per heavy atom. The van der Waals surface area contributed by atoms with E-state index in [0.717, 1.165) is 50.4 Å². The number of likely N-dealkylation sites (tertiary alicyclic amines) is 2. The monoisotopic (exact) mass is 321 g/mol. The maximum absolute atomic E-state index is 12.8. The first-order valence-corrected chi connectivity index (χ1v) is 9.57. The average molecular weight is 321 g/mol. The number of hydrogen-bond acceptors (Lipinski definition) is 4. The highest BCUT2D eigenvalue weighted by Gasteiger charge is 2.31. The van der Waals surface area contributed by atoms with Crippen LogP contribution < -0.4 is 0 Å². The molecule has 0 radical (unpaired) electrons. The van der Waals surface area contributed by atoms with Crippen molar-refractivity contribution in [2.75, 3.05) is 26.2 Å². The molecule has 0 N–H and O–H groups in total. The van der Waals surface area contributed by atoms with E-state index in [9.17, 15) is 4.79 Å². The van der Waals surface area contributed by atoms with Crippen LogP contribution in [0.15, 0.2) is 11.6 Å². The molecule has 0 bridgehead atoms. The second kappa shape index (κ2) is 7.55. The van der Waals surface area contributed by atoms with E-state index in [2.05, 4.69) is 21.7 Å². The van der Waals surface area contributed by atoms with Gasteiger partial charge in [-0.05, 0) is 57.7 Å². The summed E-state index contributed by atoms with van der Waals surface area (Å²) in [6, 6.07) is 0.233. The van der Waals surface area contributed by atoms with Crippen molar-refractivity contribution in [2.45, 2.75) is 51.5 Å². The summed E-state index contributed by atoms with van der Waals surface area (Å²) in [6.45, 7) is 6.59. The number of nitrogens with zero attached hydrogens (tertiary/aromatic N) is 3. The smallest absolute Gasteiger partial charge is 0.223 e. The zero-order chi connectivity index (χ0) is 15.4. The molecule has 0 aromatic carbocycles. The lowest BCUT2D eigenvalue weighted by Crippen LogP contribution is -2.41. The van der Waals surface area contributed by atoms with Crippen molar-refractivity contribution in [3.63, 3.8) is 0 Å². The molecule has 1 amide bonds. The quantitative estimate of drug-likeness (QED) is 0.853. The van der Waals surface area contributed by atoms with Gasteiger partial charge in [0, 0.05) is 24.5 Å². The molecular weight excluding hydrogens is 294 g/mol. The largest absolute Gasteiger partial charge is 0.333 e. The molecule has 2 aliphatic rings. The lowest BCUT2D eigenvalue weighted by atomic mass is 9.92. The molecular formula is C17H27N3OS. The van der Waals surface area contributed by atoms with Gasteiger partial charge >= 0.3 is 0 Å². The fourth-order valence-electron chi connectivity index (χ4n) is 3.76. The van der Waals surface area contributed by atoms with Crippen molar-refractivity contribution in [1.82, 2.24) is 14.8 Å². The number of aromatic nitrogens is 1.